The van der Waals surface area contributed by atoms with Crippen LogP contribution in [0.2, 0.25) is 0 Å². The van der Waals surface area contributed by atoms with Gasteiger partial charge in [0.2, 0.25) is 0 Å². The van der Waals surface area contributed by atoms with Crippen molar-refractivity contribution in [1.82, 2.24) is 15.3 Å². The molecule has 0 unspecified atom stereocenters. The lowest BCUT2D eigenvalue weighted by Gasteiger charge is -2.04. The predicted octanol–water partition coefficient (Wildman–Crippen LogP) is 3.13. The minimum absolute atomic E-state index is 0.662. The van der Waals surface area contributed by atoms with Gasteiger partial charge in [-0.15, -0.1) is 0 Å². The summed E-state index contributed by atoms with van der Waals surface area (Å²) in [7, 11) is 0. The van der Waals surface area contributed by atoms with Gasteiger partial charge in [-0.3, -0.25) is 0 Å². The maximum atomic E-state index is 4.66. The van der Waals surface area contributed by atoms with E-state index in [1.807, 2.05) is 18.2 Å². The molecule has 0 aliphatic heterocycles. The standard InChI is InChI=1S/C15H21N3/c1-11(2)9-16-10-14-17-12(3)15(18-14)13-7-5-4-6-8-13/h4-8,11,16H,9-10H2,1-3H3,(H,17,18). The Hall–Kier alpha value is -1.61. The van der Waals surface area contributed by atoms with Crippen LogP contribution < -0.4 is 5.32 Å². The van der Waals surface area contributed by atoms with Crippen LogP contribution in [0.3, 0.4) is 0 Å². The second kappa shape index (κ2) is 5.83. The first-order valence-corrected chi connectivity index (χ1v) is 6.48. The summed E-state index contributed by atoms with van der Waals surface area (Å²) in [4.78, 5) is 8.00. The Morgan fingerprint density at radius 1 is 1.22 bits per heavy atom. The van der Waals surface area contributed by atoms with Crippen molar-refractivity contribution in [2.24, 2.45) is 5.92 Å². The van der Waals surface area contributed by atoms with Gasteiger partial charge in [-0.1, -0.05) is 44.2 Å². The molecule has 3 nitrogen and oxygen atoms in total. The summed E-state index contributed by atoms with van der Waals surface area (Å²) in [5, 5.41) is 3.40. The van der Waals surface area contributed by atoms with Crippen LogP contribution in [0, 0.1) is 12.8 Å². The van der Waals surface area contributed by atoms with Crippen molar-refractivity contribution < 1.29 is 0 Å². The van der Waals surface area contributed by atoms with Crippen molar-refractivity contribution in [2.45, 2.75) is 27.3 Å². The molecule has 0 aliphatic rings. The van der Waals surface area contributed by atoms with Crippen molar-refractivity contribution in [1.29, 1.82) is 0 Å². The van der Waals surface area contributed by atoms with Gasteiger partial charge in [0.25, 0.3) is 0 Å². The topological polar surface area (TPSA) is 40.7 Å². The maximum absolute atomic E-state index is 4.66. The highest BCUT2D eigenvalue weighted by atomic mass is 15.0. The number of hydrogen-bond donors (Lipinski definition) is 2. The van der Waals surface area contributed by atoms with Gasteiger partial charge in [0, 0.05) is 11.3 Å². The molecule has 96 valence electrons. The number of imidazole rings is 1. The first-order valence-electron chi connectivity index (χ1n) is 6.48. The molecule has 1 heterocycles. The average Bonchev–Trinajstić information content (AvgIpc) is 2.71. The van der Waals surface area contributed by atoms with E-state index < -0.39 is 0 Å². The Balaban J connectivity index is 2.08. The first-order chi connectivity index (χ1) is 8.66. The molecule has 2 aromatic rings. The van der Waals surface area contributed by atoms with Crippen LogP contribution in [0.25, 0.3) is 11.3 Å². The lowest BCUT2D eigenvalue weighted by atomic mass is 10.1. The molecule has 3 heteroatoms. The van der Waals surface area contributed by atoms with E-state index >= 15 is 0 Å². The van der Waals surface area contributed by atoms with E-state index in [0.29, 0.717) is 5.92 Å². The number of aromatic amines is 1. The third kappa shape index (κ3) is 3.20. The van der Waals surface area contributed by atoms with Crippen molar-refractivity contribution in [2.75, 3.05) is 6.54 Å². The van der Waals surface area contributed by atoms with Gasteiger partial charge in [-0.2, -0.15) is 0 Å². The van der Waals surface area contributed by atoms with Crippen molar-refractivity contribution >= 4 is 0 Å². The summed E-state index contributed by atoms with van der Waals surface area (Å²) in [5.41, 5.74) is 3.35. The molecular weight excluding hydrogens is 222 g/mol. The van der Waals surface area contributed by atoms with E-state index in [9.17, 15) is 0 Å². The molecule has 0 spiro atoms. The monoisotopic (exact) mass is 243 g/mol. The number of aromatic nitrogens is 2. The number of aryl methyl sites for hydroxylation is 1. The van der Waals surface area contributed by atoms with E-state index in [2.05, 4.69) is 48.2 Å². The Morgan fingerprint density at radius 3 is 2.61 bits per heavy atom. The van der Waals surface area contributed by atoms with Crippen LogP contribution >= 0.6 is 0 Å². The molecule has 0 bridgehead atoms. The summed E-state index contributed by atoms with van der Waals surface area (Å²) < 4.78 is 0. The second-order valence-electron chi connectivity index (χ2n) is 5.05. The molecule has 0 fully saturated rings. The van der Waals surface area contributed by atoms with Crippen molar-refractivity contribution in [3.8, 4) is 11.3 Å². The minimum Gasteiger partial charge on any atom is -0.344 e. The third-order valence-electron chi connectivity index (χ3n) is 2.83. The number of nitrogens with zero attached hydrogens (tertiary/aromatic N) is 1. The number of hydrogen-bond acceptors (Lipinski definition) is 2. The molecule has 18 heavy (non-hydrogen) atoms. The van der Waals surface area contributed by atoms with Crippen LogP contribution in [0.4, 0.5) is 0 Å². The fraction of sp³-hybridized carbons (Fsp3) is 0.400. The van der Waals surface area contributed by atoms with Gasteiger partial charge in [0.15, 0.2) is 0 Å². The van der Waals surface area contributed by atoms with Gasteiger partial charge >= 0.3 is 0 Å². The Labute approximate surface area is 109 Å². The van der Waals surface area contributed by atoms with Crippen molar-refractivity contribution in [3.63, 3.8) is 0 Å². The van der Waals surface area contributed by atoms with Gasteiger partial charge in [-0.05, 0) is 19.4 Å². The normalized spacial score (nSPS) is 11.1. The van der Waals surface area contributed by atoms with Crippen LogP contribution in [0.1, 0.15) is 25.4 Å². The maximum Gasteiger partial charge on any atom is 0.121 e. The molecule has 1 aromatic carbocycles. The van der Waals surface area contributed by atoms with E-state index in [-0.39, 0.29) is 0 Å². The fourth-order valence-corrected chi connectivity index (χ4v) is 1.96. The Morgan fingerprint density at radius 2 is 1.94 bits per heavy atom. The molecule has 0 amide bonds. The van der Waals surface area contributed by atoms with Gasteiger partial charge < -0.3 is 10.3 Å². The number of nitrogens with one attached hydrogen (secondary N) is 2. The summed E-state index contributed by atoms with van der Waals surface area (Å²) >= 11 is 0. The summed E-state index contributed by atoms with van der Waals surface area (Å²) in [6, 6.07) is 10.3. The van der Waals surface area contributed by atoms with Crippen LogP contribution in [-0.4, -0.2) is 16.5 Å². The lowest BCUT2D eigenvalue weighted by molar-refractivity contribution is 0.544. The largest absolute Gasteiger partial charge is 0.344 e. The zero-order valence-electron chi connectivity index (χ0n) is 11.3. The van der Waals surface area contributed by atoms with E-state index in [1.54, 1.807) is 0 Å². The number of rotatable bonds is 5. The summed E-state index contributed by atoms with van der Waals surface area (Å²) in [6.07, 6.45) is 0. The third-order valence-corrected chi connectivity index (χ3v) is 2.83. The van der Waals surface area contributed by atoms with Crippen LogP contribution in [0.5, 0.6) is 0 Å². The predicted molar refractivity (Wildman–Crippen MR) is 75.3 cm³/mol. The molecule has 0 radical (unpaired) electrons. The highest BCUT2D eigenvalue weighted by molar-refractivity contribution is 5.61. The van der Waals surface area contributed by atoms with Crippen LogP contribution in [-0.2, 0) is 6.54 Å². The van der Waals surface area contributed by atoms with Gasteiger partial charge in [0.05, 0.1) is 12.2 Å². The molecular formula is C15H21N3. The molecule has 2 N–H and O–H groups in total. The van der Waals surface area contributed by atoms with Crippen LogP contribution in [0.15, 0.2) is 30.3 Å². The molecule has 2 rings (SSSR count). The Bertz CT molecular complexity index is 486. The molecule has 0 saturated heterocycles. The van der Waals surface area contributed by atoms with E-state index in [1.165, 1.54) is 5.56 Å². The molecule has 0 aliphatic carbocycles. The zero-order valence-corrected chi connectivity index (χ0v) is 11.3. The second-order valence-corrected chi connectivity index (χ2v) is 5.05. The lowest BCUT2D eigenvalue weighted by Crippen LogP contribution is -2.19. The fourth-order valence-electron chi connectivity index (χ4n) is 1.96. The van der Waals surface area contributed by atoms with Crippen molar-refractivity contribution in [3.05, 3.63) is 41.9 Å². The van der Waals surface area contributed by atoms with E-state index in [4.69, 9.17) is 0 Å². The van der Waals surface area contributed by atoms with E-state index in [0.717, 1.165) is 30.3 Å². The molecule has 0 atom stereocenters. The quantitative estimate of drug-likeness (QED) is 0.847. The Kier molecular flexibility index (Phi) is 4.15. The summed E-state index contributed by atoms with van der Waals surface area (Å²) in [5.74, 6) is 1.67. The highest BCUT2D eigenvalue weighted by Gasteiger charge is 2.08. The van der Waals surface area contributed by atoms with Gasteiger partial charge in [0.1, 0.15) is 5.82 Å². The highest BCUT2D eigenvalue weighted by Crippen LogP contribution is 2.20. The summed E-state index contributed by atoms with van der Waals surface area (Å²) in [6.45, 7) is 8.29. The first kappa shape index (κ1) is 12.8. The molecule has 0 saturated carbocycles. The smallest absolute Gasteiger partial charge is 0.121 e. The average molecular weight is 243 g/mol. The minimum atomic E-state index is 0.662. The number of benzene rings is 1. The molecule has 1 aromatic heterocycles. The van der Waals surface area contributed by atoms with Gasteiger partial charge in [-0.25, -0.2) is 4.98 Å². The SMILES string of the molecule is Cc1[nH]c(CNCC(C)C)nc1-c1ccccc1. The number of H-pyrrole nitrogens is 1. The zero-order chi connectivity index (χ0) is 13.0.